The van der Waals surface area contributed by atoms with Crippen LogP contribution in [0.3, 0.4) is 0 Å². The van der Waals surface area contributed by atoms with E-state index in [0.717, 1.165) is 30.1 Å². The van der Waals surface area contributed by atoms with E-state index in [4.69, 9.17) is 4.98 Å². The van der Waals surface area contributed by atoms with Crippen LogP contribution in [0.2, 0.25) is 0 Å². The molecule has 2 aromatic rings. The molecule has 0 bridgehead atoms. The molecule has 0 fully saturated rings. The van der Waals surface area contributed by atoms with Gasteiger partial charge in [-0.2, -0.15) is 0 Å². The SMILES string of the molecule is CC1=CC=C2C=C(C3=CC=C4C=C(c5nc6ccccc6n5C5C=CC=CC5)CCC4C3)CCC2C1. The van der Waals surface area contributed by atoms with Gasteiger partial charge in [-0.15, -0.1) is 0 Å². The summed E-state index contributed by atoms with van der Waals surface area (Å²) in [4.78, 5) is 5.16. The van der Waals surface area contributed by atoms with E-state index in [1.54, 1.807) is 16.7 Å². The Morgan fingerprint density at radius 1 is 0.806 bits per heavy atom. The molecule has 180 valence electrons. The van der Waals surface area contributed by atoms with Crippen LogP contribution < -0.4 is 0 Å². The lowest BCUT2D eigenvalue weighted by Gasteiger charge is -2.32. The van der Waals surface area contributed by atoms with Crippen LogP contribution in [0.15, 0.2) is 113 Å². The van der Waals surface area contributed by atoms with Crippen LogP contribution in [-0.2, 0) is 0 Å². The Kier molecular flexibility index (Phi) is 5.42. The molecule has 0 radical (unpaired) electrons. The van der Waals surface area contributed by atoms with Crippen molar-refractivity contribution in [3.63, 3.8) is 0 Å². The topological polar surface area (TPSA) is 17.8 Å². The minimum atomic E-state index is 0.331. The van der Waals surface area contributed by atoms with E-state index in [1.165, 1.54) is 54.3 Å². The van der Waals surface area contributed by atoms with Gasteiger partial charge >= 0.3 is 0 Å². The van der Waals surface area contributed by atoms with Crippen molar-refractivity contribution in [3.05, 3.63) is 119 Å². The molecular weight excluding hydrogens is 436 g/mol. The van der Waals surface area contributed by atoms with Crippen molar-refractivity contribution in [2.24, 2.45) is 11.8 Å². The Bertz CT molecular complexity index is 1480. The molecule has 1 aromatic heterocycles. The first-order chi connectivity index (χ1) is 17.7. The number of benzene rings is 1. The first-order valence-electron chi connectivity index (χ1n) is 13.7. The molecule has 36 heavy (non-hydrogen) atoms. The van der Waals surface area contributed by atoms with Crippen molar-refractivity contribution in [2.45, 2.75) is 57.9 Å². The Balaban J connectivity index is 1.22. The number of rotatable bonds is 3. The normalized spacial score (nSPS) is 27.3. The van der Waals surface area contributed by atoms with Crippen LogP contribution >= 0.6 is 0 Å². The van der Waals surface area contributed by atoms with Gasteiger partial charge < -0.3 is 4.57 Å². The molecule has 1 heterocycles. The molecule has 1 aromatic carbocycles. The number of hydrogen-bond acceptors (Lipinski definition) is 1. The third-order valence-corrected chi connectivity index (χ3v) is 8.81. The molecular formula is C34H34N2. The lowest BCUT2D eigenvalue weighted by atomic mass is 9.73. The lowest BCUT2D eigenvalue weighted by Crippen LogP contribution is -2.18. The monoisotopic (exact) mass is 470 g/mol. The zero-order valence-electron chi connectivity index (χ0n) is 21.2. The fourth-order valence-electron chi connectivity index (χ4n) is 6.84. The molecule has 3 unspecified atom stereocenters. The van der Waals surface area contributed by atoms with E-state index in [0.29, 0.717) is 12.0 Å². The maximum Gasteiger partial charge on any atom is 0.137 e. The molecule has 5 aliphatic rings. The Labute approximate surface area is 214 Å². The average molecular weight is 471 g/mol. The van der Waals surface area contributed by atoms with E-state index in [-0.39, 0.29) is 0 Å². The maximum absolute atomic E-state index is 5.16. The van der Waals surface area contributed by atoms with Gasteiger partial charge in [-0.25, -0.2) is 4.98 Å². The van der Waals surface area contributed by atoms with E-state index >= 15 is 0 Å². The molecule has 0 N–H and O–H groups in total. The number of allylic oxidation sites excluding steroid dienone is 16. The van der Waals surface area contributed by atoms with Gasteiger partial charge in [-0.3, -0.25) is 0 Å². The summed E-state index contributed by atoms with van der Waals surface area (Å²) in [5.74, 6) is 2.53. The number of imidazole rings is 1. The van der Waals surface area contributed by atoms with Crippen LogP contribution in [0.25, 0.3) is 16.6 Å². The van der Waals surface area contributed by atoms with Crippen LogP contribution in [0.4, 0.5) is 0 Å². The zero-order valence-corrected chi connectivity index (χ0v) is 21.2. The van der Waals surface area contributed by atoms with Crippen LogP contribution in [-0.4, -0.2) is 9.55 Å². The summed E-state index contributed by atoms with van der Waals surface area (Å²) in [6.45, 7) is 2.27. The zero-order chi connectivity index (χ0) is 24.1. The second-order valence-corrected chi connectivity index (χ2v) is 11.2. The molecule has 0 saturated carbocycles. The first-order valence-corrected chi connectivity index (χ1v) is 13.7. The van der Waals surface area contributed by atoms with Crippen molar-refractivity contribution in [1.82, 2.24) is 9.55 Å². The molecule has 7 rings (SSSR count). The highest BCUT2D eigenvalue weighted by Gasteiger charge is 2.29. The molecule has 0 aliphatic heterocycles. The van der Waals surface area contributed by atoms with Crippen LogP contribution in [0, 0.1) is 11.8 Å². The molecule has 0 saturated heterocycles. The summed E-state index contributed by atoms with van der Waals surface area (Å²) in [6, 6.07) is 8.94. The second kappa shape index (κ2) is 8.92. The van der Waals surface area contributed by atoms with E-state index < -0.39 is 0 Å². The smallest absolute Gasteiger partial charge is 0.137 e. The molecule has 2 heteroatoms. The van der Waals surface area contributed by atoms with Gasteiger partial charge in [0.1, 0.15) is 5.82 Å². The van der Waals surface area contributed by atoms with Gasteiger partial charge in [0, 0.05) is 0 Å². The predicted molar refractivity (Wildman–Crippen MR) is 150 cm³/mol. The van der Waals surface area contributed by atoms with Gasteiger partial charge in [-0.1, -0.05) is 78.5 Å². The standard InChI is InChI=1S/C34H34N2/c1-23-11-12-25-20-26(14-13-24(25)19-23)27-15-16-29-22-30(18-17-28(29)21-27)34-35-32-9-5-6-10-33(32)36(34)31-7-3-2-4-8-31/h2-7,9-12,15-16,20,22,24,28,31H,8,13-14,17-19,21H2,1H3. The number of para-hydroxylation sites is 2. The van der Waals surface area contributed by atoms with Crippen molar-refractivity contribution in [1.29, 1.82) is 0 Å². The van der Waals surface area contributed by atoms with Crippen LogP contribution in [0.1, 0.15) is 63.7 Å². The summed E-state index contributed by atoms with van der Waals surface area (Å²) >= 11 is 0. The third-order valence-electron chi connectivity index (χ3n) is 8.81. The first kappa shape index (κ1) is 21.9. The largest absolute Gasteiger partial charge is 0.317 e. The highest BCUT2D eigenvalue weighted by molar-refractivity contribution is 5.81. The van der Waals surface area contributed by atoms with Gasteiger partial charge in [0.2, 0.25) is 0 Å². The van der Waals surface area contributed by atoms with Gasteiger partial charge in [-0.05, 0) is 104 Å². The number of hydrogen-bond donors (Lipinski definition) is 0. The number of aromatic nitrogens is 2. The fourth-order valence-corrected chi connectivity index (χ4v) is 6.84. The quantitative estimate of drug-likeness (QED) is 0.438. The molecule has 5 aliphatic carbocycles. The van der Waals surface area contributed by atoms with Gasteiger partial charge in [0.25, 0.3) is 0 Å². The second-order valence-electron chi connectivity index (χ2n) is 11.2. The van der Waals surface area contributed by atoms with E-state index in [9.17, 15) is 0 Å². The molecule has 2 nitrogen and oxygen atoms in total. The Morgan fingerprint density at radius 3 is 2.44 bits per heavy atom. The lowest BCUT2D eigenvalue weighted by molar-refractivity contribution is 0.525. The van der Waals surface area contributed by atoms with Gasteiger partial charge in [0.05, 0.1) is 17.1 Å². The molecule has 3 atom stereocenters. The Hall–Kier alpha value is -3.39. The summed E-state index contributed by atoms with van der Waals surface area (Å²) in [6.07, 6.45) is 31.7. The predicted octanol–water partition coefficient (Wildman–Crippen LogP) is 8.76. The van der Waals surface area contributed by atoms with Crippen molar-refractivity contribution >= 4 is 16.6 Å². The third kappa shape index (κ3) is 3.84. The summed E-state index contributed by atoms with van der Waals surface area (Å²) < 4.78 is 2.48. The number of fused-ring (bicyclic) bond motifs is 3. The number of nitrogens with zero attached hydrogens (tertiary/aromatic N) is 2. The highest BCUT2D eigenvalue weighted by atomic mass is 15.1. The molecule has 0 spiro atoms. The average Bonchev–Trinajstić information content (AvgIpc) is 3.32. The summed E-state index contributed by atoms with van der Waals surface area (Å²) in [5, 5.41) is 0. The van der Waals surface area contributed by atoms with Crippen molar-refractivity contribution in [3.8, 4) is 0 Å². The van der Waals surface area contributed by atoms with E-state index in [1.807, 2.05) is 0 Å². The minimum Gasteiger partial charge on any atom is -0.317 e. The summed E-state index contributed by atoms with van der Waals surface area (Å²) in [5.41, 5.74) is 11.4. The van der Waals surface area contributed by atoms with Gasteiger partial charge in [0.15, 0.2) is 0 Å². The van der Waals surface area contributed by atoms with Crippen LogP contribution in [0.5, 0.6) is 0 Å². The minimum absolute atomic E-state index is 0.331. The van der Waals surface area contributed by atoms with Crippen molar-refractivity contribution in [2.75, 3.05) is 0 Å². The fraction of sp³-hybridized carbons (Fsp3) is 0.324. The highest BCUT2D eigenvalue weighted by Crippen LogP contribution is 2.44. The maximum atomic E-state index is 5.16. The summed E-state index contributed by atoms with van der Waals surface area (Å²) in [7, 11) is 0. The van der Waals surface area contributed by atoms with E-state index in [2.05, 4.69) is 96.5 Å². The van der Waals surface area contributed by atoms with Crippen molar-refractivity contribution < 1.29 is 0 Å². The molecule has 0 amide bonds. The Morgan fingerprint density at radius 2 is 1.58 bits per heavy atom.